The van der Waals surface area contributed by atoms with Crippen LogP contribution in [0.4, 0.5) is 11.8 Å². The molecular weight excluding hydrogens is 262 g/mol. The van der Waals surface area contributed by atoms with Crippen molar-refractivity contribution in [1.82, 2.24) is 9.97 Å². The van der Waals surface area contributed by atoms with Gasteiger partial charge in [0.1, 0.15) is 10.6 Å². The third-order valence-electron chi connectivity index (χ3n) is 3.45. The van der Waals surface area contributed by atoms with E-state index in [0.717, 1.165) is 35.4 Å². The van der Waals surface area contributed by atoms with Gasteiger partial charge in [0.25, 0.3) is 0 Å². The fourth-order valence-electron chi connectivity index (χ4n) is 2.50. The highest BCUT2D eigenvalue weighted by Crippen LogP contribution is 2.31. The predicted molar refractivity (Wildman–Crippen MR) is 76.0 cm³/mol. The van der Waals surface area contributed by atoms with Gasteiger partial charge in [0.15, 0.2) is 0 Å². The molecule has 0 bridgehead atoms. The Balaban J connectivity index is 1.99. The van der Waals surface area contributed by atoms with E-state index in [9.17, 15) is 4.79 Å². The second-order valence-corrected chi connectivity index (χ2v) is 5.63. The summed E-state index contributed by atoms with van der Waals surface area (Å²) >= 11 is 1.54. The highest BCUT2D eigenvalue weighted by atomic mass is 32.1. The number of anilines is 2. The molecular formula is C12H15N5OS. The summed E-state index contributed by atoms with van der Waals surface area (Å²) in [6.07, 6.45) is 1.78. The average Bonchev–Trinajstić information content (AvgIpc) is 2.85. The number of fused-ring (bicyclic) bond motifs is 1. The molecule has 0 radical (unpaired) electrons. The van der Waals surface area contributed by atoms with E-state index in [0.29, 0.717) is 6.54 Å². The number of primary amides is 1. The Kier molecular flexibility index (Phi) is 2.98. The minimum absolute atomic E-state index is 0.112. The summed E-state index contributed by atoms with van der Waals surface area (Å²) in [7, 11) is 0. The van der Waals surface area contributed by atoms with Crippen molar-refractivity contribution in [2.24, 2.45) is 11.7 Å². The van der Waals surface area contributed by atoms with Gasteiger partial charge in [-0.05, 0) is 24.3 Å². The molecule has 2 aromatic rings. The number of hydrogen-bond acceptors (Lipinski definition) is 6. The molecule has 1 unspecified atom stereocenters. The van der Waals surface area contributed by atoms with Crippen LogP contribution in [0.2, 0.25) is 0 Å². The van der Waals surface area contributed by atoms with E-state index >= 15 is 0 Å². The van der Waals surface area contributed by atoms with Crippen LogP contribution in [0.25, 0.3) is 10.2 Å². The van der Waals surface area contributed by atoms with Gasteiger partial charge in [-0.3, -0.25) is 4.79 Å². The van der Waals surface area contributed by atoms with Crippen molar-refractivity contribution >= 4 is 39.2 Å². The molecule has 1 aliphatic rings. The molecule has 1 fully saturated rings. The quantitative estimate of drug-likeness (QED) is 0.852. The second-order valence-electron chi connectivity index (χ2n) is 4.73. The molecule has 0 spiro atoms. The van der Waals surface area contributed by atoms with Crippen molar-refractivity contribution in [3.63, 3.8) is 0 Å². The summed E-state index contributed by atoms with van der Waals surface area (Å²) in [5.41, 5.74) is 11.2. The van der Waals surface area contributed by atoms with E-state index < -0.39 is 0 Å². The first kappa shape index (κ1) is 12.2. The van der Waals surface area contributed by atoms with Crippen LogP contribution in [0, 0.1) is 5.92 Å². The van der Waals surface area contributed by atoms with Gasteiger partial charge in [-0.25, -0.2) is 4.98 Å². The molecule has 1 aliphatic heterocycles. The summed E-state index contributed by atoms with van der Waals surface area (Å²) in [6, 6.07) is 1.99. The molecule has 3 rings (SSSR count). The number of carbonyl (C=O) groups excluding carboxylic acids is 1. The van der Waals surface area contributed by atoms with E-state index in [-0.39, 0.29) is 17.8 Å². The molecule has 6 nitrogen and oxygen atoms in total. The van der Waals surface area contributed by atoms with Crippen LogP contribution in [-0.4, -0.2) is 29.0 Å². The lowest BCUT2D eigenvalue weighted by Crippen LogP contribution is -2.41. The molecule has 2 aromatic heterocycles. The number of nitrogens with two attached hydrogens (primary N) is 2. The van der Waals surface area contributed by atoms with Gasteiger partial charge in [-0.15, -0.1) is 11.3 Å². The Labute approximate surface area is 114 Å². The van der Waals surface area contributed by atoms with Crippen LogP contribution in [-0.2, 0) is 4.79 Å². The van der Waals surface area contributed by atoms with E-state index in [2.05, 4.69) is 14.9 Å². The molecule has 3 heterocycles. The van der Waals surface area contributed by atoms with Crippen LogP contribution >= 0.6 is 11.3 Å². The largest absolute Gasteiger partial charge is 0.369 e. The lowest BCUT2D eigenvalue weighted by Gasteiger charge is -2.32. The molecule has 0 aliphatic carbocycles. The maximum absolute atomic E-state index is 11.4. The van der Waals surface area contributed by atoms with Gasteiger partial charge < -0.3 is 16.4 Å². The highest BCUT2D eigenvalue weighted by molar-refractivity contribution is 7.16. The molecule has 1 atom stereocenters. The van der Waals surface area contributed by atoms with E-state index in [1.807, 2.05) is 11.4 Å². The van der Waals surface area contributed by atoms with E-state index in [1.54, 1.807) is 0 Å². The van der Waals surface area contributed by atoms with Crippen molar-refractivity contribution in [1.29, 1.82) is 0 Å². The zero-order valence-corrected chi connectivity index (χ0v) is 11.2. The fourth-order valence-corrected chi connectivity index (χ4v) is 3.26. The lowest BCUT2D eigenvalue weighted by molar-refractivity contribution is -0.122. The van der Waals surface area contributed by atoms with Crippen LogP contribution in [0.3, 0.4) is 0 Å². The van der Waals surface area contributed by atoms with Crippen LogP contribution < -0.4 is 16.4 Å². The second kappa shape index (κ2) is 4.65. The molecule has 7 heteroatoms. The summed E-state index contributed by atoms with van der Waals surface area (Å²) in [6.45, 7) is 1.47. The van der Waals surface area contributed by atoms with Crippen LogP contribution in [0.5, 0.6) is 0 Å². The first-order valence-electron chi connectivity index (χ1n) is 6.20. The number of rotatable bonds is 2. The minimum Gasteiger partial charge on any atom is -0.369 e. The number of nitrogens with zero attached hydrogens (tertiary/aromatic N) is 3. The Morgan fingerprint density at radius 2 is 2.32 bits per heavy atom. The molecule has 0 aromatic carbocycles. The number of thiophene rings is 1. The SMILES string of the molecule is NC(=O)C1CCCN(c2nc(N)nc3sccc23)C1. The van der Waals surface area contributed by atoms with Gasteiger partial charge in [0.2, 0.25) is 11.9 Å². The minimum atomic E-state index is -0.242. The first-order chi connectivity index (χ1) is 9.15. The number of piperidine rings is 1. The van der Waals surface area contributed by atoms with Gasteiger partial charge in [0.05, 0.1) is 11.3 Å². The Morgan fingerprint density at radius 1 is 1.47 bits per heavy atom. The fraction of sp³-hybridized carbons (Fsp3) is 0.417. The number of nitrogen functional groups attached to an aromatic ring is 1. The third kappa shape index (κ3) is 2.21. The van der Waals surface area contributed by atoms with Crippen molar-refractivity contribution in [3.8, 4) is 0 Å². The van der Waals surface area contributed by atoms with Crippen molar-refractivity contribution in [3.05, 3.63) is 11.4 Å². The lowest BCUT2D eigenvalue weighted by atomic mass is 9.97. The smallest absolute Gasteiger partial charge is 0.223 e. The van der Waals surface area contributed by atoms with E-state index in [4.69, 9.17) is 11.5 Å². The Bertz CT molecular complexity index is 626. The molecule has 100 valence electrons. The van der Waals surface area contributed by atoms with Crippen molar-refractivity contribution < 1.29 is 4.79 Å². The number of aromatic nitrogens is 2. The predicted octanol–water partition coefficient (Wildman–Crippen LogP) is 0.975. The summed E-state index contributed by atoms with van der Waals surface area (Å²) in [4.78, 5) is 22.9. The molecule has 19 heavy (non-hydrogen) atoms. The summed E-state index contributed by atoms with van der Waals surface area (Å²) in [5.74, 6) is 0.729. The number of hydrogen-bond donors (Lipinski definition) is 2. The zero-order valence-electron chi connectivity index (χ0n) is 10.4. The standard InChI is InChI=1S/C12H15N5OS/c13-9(18)7-2-1-4-17(6-7)10-8-3-5-19-11(8)16-12(14)15-10/h3,5,7H,1-2,4,6H2,(H2,13,18)(H2,14,15,16). The maximum atomic E-state index is 11.4. The summed E-state index contributed by atoms with van der Waals surface area (Å²) in [5, 5.41) is 2.96. The van der Waals surface area contributed by atoms with Gasteiger partial charge in [0, 0.05) is 13.1 Å². The van der Waals surface area contributed by atoms with Crippen molar-refractivity contribution in [2.75, 3.05) is 23.7 Å². The first-order valence-corrected chi connectivity index (χ1v) is 7.08. The maximum Gasteiger partial charge on any atom is 0.223 e. The zero-order chi connectivity index (χ0) is 13.4. The van der Waals surface area contributed by atoms with Gasteiger partial charge >= 0.3 is 0 Å². The third-order valence-corrected chi connectivity index (χ3v) is 4.25. The normalized spacial score (nSPS) is 19.8. The summed E-state index contributed by atoms with van der Waals surface area (Å²) < 4.78 is 0. The van der Waals surface area contributed by atoms with Crippen LogP contribution in [0.1, 0.15) is 12.8 Å². The molecule has 1 saturated heterocycles. The van der Waals surface area contributed by atoms with E-state index in [1.165, 1.54) is 11.3 Å². The molecule has 4 N–H and O–H groups in total. The average molecular weight is 277 g/mol. The molecule has 0 saturated carbocycles. The Morgan fingerprint density at radius 3 is 3.11 bits per heavy atom. The molecule has 1 amide bonds. The Hall–Kier alpha value is -1.89. The van der Waals surface area contributed by atoms with Crippen LogP contribution in [0.15, 0.2) is 11.4 Å². The van der Waals surface area contributed by atoms with Gasteiger partial charge in [-0.1, -0.05) is 0 Å². The van der Waals surface area contributed by atoms with Gasteiger partial charge in [-0.2, -0.15) is 4.98 Å². The number of carbonyl (C=O) groups is 1. The monoisotopic (exact) mass is 277 g/mol. The van der Waals surface area contributed by atoms with Crippen molar-refractivity contribution in [2.45, 2.75) is 12.8 Å². The topological polar surface area (TPSA) is 98.1 Å². The highest BCUT2D eigenvalue weighted by Gasteiger charge is 2.26. The number of amides is 1.